The van der Waals surface area contributed by atoms with Crippen molar-refractivity contribution in [2.45, 2.75) is 6.92 Å². The molecule has 1 aromatic heterocycles. The number of ether oxygens (including phenoxy) is 1. The Morgan fingerprint density at radius 1 is 1.47 bits per heavy atom. The molecule has 0 fully saturated rings. The molecule has 0 atom stereocenters. The fourth-order valence-electron chi connectivity index (χ4n) is 1.33. The zero-order chi connectivity index (χ0) is 13.5. The van der Waals surface area contributed by atoms with Gasteiger partial charge in [0, 0.05) is 5.38 Å². The first-order valence-corrected chi connectivity index (χ1v) is 6.64. The minimum atomic E-state index is -0.418. The maximum Gasteiger partial charge on any atom is 0.357 e. The number of hydrazone groups is 1. The topological polar surface area (TPSA) is 63.6 Å². The maximum absolute atomic E-state index is 11.4. The van der Waals surface area contributed by atoms with Gasteiger partial charge in [-0.15, -0.1) is 11.3 Å². The van der Waals surface area contributed by atoms with Crippen LogP contribution in [0.15, 0.2) is 40.8 Å². The molecule has 0 spiro atoms. The molecule has 0 aliphatic heterocycles. The third kappa shape index (κ3) is 3.89. The molecule has 5 nitrogen and oxygen atoms in total. The lowest BCUT2D eigenvalue weighted by atomic mass is 10.2. The Morgan fingerprint density at radius 2 is 2.26 bits per heavy atom. The Hall–Kier alpha value is -2.21. The number of aromatic nitrogens is 1. The summed E-state index contributed by atoms with van der Waals surface area (Å²) in [4.78, 5) is 15.5. The maximum atomic E-state index is 11.4. The molecule has 0 bridgehead atoms. The SMILES string of the molecule is CCOC(=O)c1csc(NN=Cc2ccccc2)n1. The summed E-state index contributed by atoms with van der Waals surface area (Å²) in [5.41, 5.74) is 4.06. The van der Waals surface area contributed by atoms with Crippen LogP contribution in [-0.2, 0) is 4.74 Å². The molecule has 0 aliphatic carbocycles. The third-order valence-electron chi connectivity index (χ3n) is 2.16. The summed E-state index contributed by atoms with van der Waals surface area (Å²) in [5.74, 6) is -0.418. The van der Waals surface area contributed by atoms with Crippen LogP contribution in [0.5, 0.6) is 0 Å². The monoisotopic (exact) mass is 275 g/mol. The molecule has 1 aromatic carbocycles. The molecule has 19 heavy (non-hydrogen) atoms. The number of nitrogens with one attached hydrogen (secondary N) is 1. The first-order valence-electron chi connectivity index (χ1n) is 5.76. The predicted molar refractivity (Wildman–Crippen MR) is 75.7 cm³/mol. The van der Waals surface area contributed by atoms with Gasteiger partial charge in [-0.25, -0.2) is 9.78 Å². The van der Waals surface area contributed by atoms with Crippen molar-refractivity contribution in [2.75, 3.05) is 12.0 Å². The van der Waals surface area contributed by atoms with Crippen LogP contribution in [0.1, 0.15) is 23.0 Å². The van der Waals surface area contributed by atoms with Gasteiger partial charge in [-0.2, -0.15) is 5.10 Å². The van der Waals surface area contributed by atoms with Crippen molar-refractivity contribution in [3.05, 3.63) is 47.0 Å². The predicted octanol–water partition coefficient (Wildman–Crippen LogP) is 2.77. The smallest absolute Gasteiger partial charge is 0.357 e. The summed E-state index contributed by atoms with van der Waals surface area (Å²) in [6.45, 7) is 2.10. The molecule has 0 saturated carbocycles. The average Bonchev–Trinajstić information content (AvgIpc) is 2.89. The summed E-state index contributed by atoms with van der Waals surface area (Å²) in [7, 11) is 0. The van der Waals surface area contributed by atoms with E-state index in [0.29, 0.717) is 17.4 Å². The minimum absolute atomic E-state index is 0.296. The van der Waals surface area contributed by atoms with Gasteiger partial charge in [-0.05, 0) is 12.5 Å². The molecular formula is C13H13N3O2S. The van der Waals surface area contributed by atoms with Crippen molar-refractivity contribution in [3.63, 3.8) is 0 Å². The van der Waals surface area contributed by atoms with Crippen LogP contribution in [0.3, 0.4) is 0 Å². The number of esters is 1. The molecule has 0 saturated heterocycles. The van der Waals surface area contributed by atoms with E-state index in [1.807, 2.05) is 30.3 Å². The van der Waals surface area contributed by atoms with E-state index in [9.17, 15) is 4.79 Å². The van der Waals surface area contributed by atoms with E-state index in [-0.39, 0.29) is 0 Å². The van der Waals surface area contributed by atoms with E-state index in [0.717, 1.165) is 5.56 Å². The lowest BCUT2D eigenvalue weighted by Crippen LogP contribution is -2.04. The number of anilines is 1. The van der Waals surface area contributed by atoms with Crippen LogP contribution < -0.4 is 5.43 Å². The molecule has 0 unspecified atom stereocenters. The fourth-order valence-corrected chi connectivity index (χ4v) is 1.95. The molecule has 6 heteroatoms. The van der Waals surface area contributed by atoms with Gasteiger partial charge < -0.3 is 4.74 Å². The Bertz CT molecular complexity index is 566. The lowest BCUT2D eigenvalue weighted by Gasteiger charge is -1.96. The number of carbonyl (C=O) groups is 1. The summed E-state index contributed by atoms with van der Waals surface area (Å²) in [6.07, 6.45) is 1.69. The second kappa shape index (κ2) is 6.65. The van der Waals surface area contributed by atoms with E-state index in [1.54, 1.807) is 18.5 Å². The molecule has 0 aliphatic rings. The van der Waals surface area contributed by atoms with Crippen LogP contribution >= 0.6 is 11.3 Å². The number of hydrogen-bond acceptors (Lipinski definition) is 6. The average molecular weight is 275 g/mol. The Balaban J connectivity index is 1.94. The van der Waals surface area contributed by atoms with E-state index in [1.165, 1.54) is 11.3 Å². The Labute approximate surface area is 114 Å². The highest BCUT2D eigenvalue weighted by molar-refractivity contribution is 7.13. The summed E-state index contributed by atoms with van der Waals surface area (Å²) in [5, 5.41) is 6.24. The zero-order valence-electron chi connectivity index (χ0n) is 10.4. The number of thiazole rings is 1. The second-order valence-electron chi connectivity index (χ2n) is 3.54. The van der Waals surface area contributed by atoms with E-state index in [4.69, 9.17) is 4.74 Å². The van der Waals surface area contributed by atoms with Gasteiger partial charge in [-0.1, -0.05) is 30.3 Å². The van der Waals surface area contributed by atoms with Gasteiger partial charge in [0.1, 0.15) is 0 Å². The first kappa shape index (κ1) is 13.2. The van der Waals surface area contributed by atoms with Crippen molar-refractivity contribution >= 4 is 28.7 Å². The number of benzene rings is 1. The van der Waals surface area contributed by atoms with Gasteiger partial charge in [-0.3, -0.25) is 5.43 Å². The first-order chi connectivity index (χ1) is 9.29. The summed E-state index contributed by atoms with van der Waals surface area (Å²) in [6, 6.07) is 9.69. The molecule has 2 aromatic rings. The normalized spacial score (nSPS) is 10.6. The van der Waals surface area contributed by atoms with Crippen LogP contribution in [0.25, 0.3) is 0 Å². The van der Waals surface area contributed by atoms with Gasteiger partial charge in [0.15, 0.2) is 5.69 Å². The Morgan fingerprint density at radius 3 is 3.00 bits per heavy atom. The van der Waals surface area contributed by atoms with Crippen molar-refractivity contribution < 1.29 is 9.53 Å². The van der Waals surface area contributed by atoms with E-state index < -0.39 is 5.97 Å². The zero-order valence-corrected chi connectivity index (χ0v) is 11.2. The van der Waals surface area contributed by atoms with E-state index >= 15 is 0 Å². The largest absolute Gasteiger partial charge is 0.461 e. The third-order valence-corrected chi connectivity index (χ3v) is 2.91. The highest BCUT2D eigenvalue weighted by Crippen LogP contribution is 2.15. The number of carbonyl (C=O) groups excluding carboxylic acids is 1. The van der Waals surface area contributed by atoms with Crippen LogP contribution in [-0.4, -0.2) is 23.8 Å². The highest BCUT2D eigenvalue weighted by atomic mass is 32.1. The molecule has 2 rings (SSSR count). The highest BCUT2D eigenvalue weighted by Gasteiger charge is 2.10. The molecular weight excluding hydrogens is 262 g/mol. The van der Waals surface area contributed by atoms with Crippen LogP contribution in [0.4, 0.5) is 5.13 Å². The van der Waals surface area contributed by atoms with Crippen molar-refractivity contribution in [1.29, 1.82) is 0 Å². The summed E-state index contributed by atoms with van der Waals surface area (Å²) >= 11 is 1.30. The molecule has 98 valence electrons. The fraction of sp³-hybridized carbons (Fsp3) is 0.154. The van der Waals surface area contributed by atoms with E-state index in [2.05, 4.69) is 15.5 Å². The van der Waals surface area contributed by atoms with Gasteiger partial charge in [0.05, 0.1) is 12.8 Å². The van der Waals surface area contributed by atoms with Crippen molar-refractivity contribution in [1.82, 2.24) is 4.98 Å². The van der Waals surface area contributed by atoms with Gasteiger partial charge in [0.25, 0.3) is 0 Å². The van der Waals surface area contributed by atoms with Crippen LogP contribution in [0, 0.1) is 0 Å². The quantitative estimate of drug-likeness (QED) is 0.518. The van der Waals surface area contributed by atoms with Crippen molar-refractivity contribution in [2.24, 2.45) is 5.10 Å². The standard InChI is InChI=1S/C13H13N3O2S/c1-2-18-12(17)11-9-19-13(15-11)16-14-8-10-6-4-3-5-7-10/h3-9H,2H2,1H3,(H,15,16). The summed E-state index contributed by atoms with van der Waals surface area (Å²) < 4.78 is 4.85. The van der Waals surface area contributed by atoms with Gasteiger partial charge >= 0.3 is 5.97 Å². The van der Waals surface area contributed by atoms with Crippen LogP contribution in [0.2, 0.25) is 0 Å². The minimum Gasteiger partial charge on any atom is -0.461 e. The second-order valence-corrected chi connectivity index (χ2v) is 4.40. The number of hydrogen-bond donors (Lipinski definition) is 1. The number of nitrogens with zero attached hydrogens (tertiary/aromatic N) is 2. The number of rotatable bonds is 5. The molecule has 1 N–H and O–H groups in total. The molecule has 0 radical (unpaired) electrons. The Kier molecular flexibility index (Phi) is 4.63. The molecule has 1 heterocycles. The lowest BCUT2D eigenvalue weighted by molar-refractivity contribution is 0.0520. The van der Waals surface area contributed by atoms with Crippen molar-refractivity contribution in [3.8, 4) is 0 Å². The molecule has 0 amide bonds. The van der Waals surface area contributed by atoms with Gasteiger partial charge in [0.2, 0.25) is 5.13 Å².